The van der Waals surface area contributed by atoms with Gasteiger partial charge in [-0.15, -0.1) is 0 Å². The molecule has 0 bridgehead atoms. The monoisotopic (exact) mass is 341 g/mol. The van der Waals surface area contributed by atoms with Crippen molar-refractivity contribution in [2.24, 2.45) is 0 Å². The second-order valence-corrected chi connectivity index (χ2v) is 6.21. The molecule has 0 fully saturated rings. The number of nitro groups is 1. The molecule has 7 heteroatoms. The van der Waals surface area contributed by atoms with E-state index in [4.69, 9.17) is 4.52 Å². The lowest BCUT2D eigenvalue weighted by molar-refractivity contribution is -0.384. The Morgan fingerprint density at radius 3 is 2.54 bits per heavy atom. The van der Waals surface area contributed by atoms with E-state index in [1.165, 1.54) is 17.7 Å². The van der Waals surface area contributed by atoms with Crippen molar-refractivity contribution in [3.8, 4) is 11.4 Å². The van der Waals surface area contributed by atoms with Crippen LogP contribution in [-0.2, 0) is 12.2 Å². The number of thioether (sulfide) groups is 1. The summed E-state index contributed by atoms with van der Waals surface area (Å²) in [5.41, 5.74) is 2.03. The fourth-order valence-corrected chi connectivity index (χ4v) is 3.02. The largest absolute Gasteiger partial charge is 0.339 e. The molecule has 1 aromatic heterocycles. The number of nitro benzene ring substituents is 1. The lowest BCUT2D eigenvalue weighted by atomic mass is 10.2. The highest BCUT2D eigenvalue weighted by molar-refractivity contribution is 7.98. The lowest BCUT2D eigenvalue weighted by Crippen LogP contribution is -1.91. The normalized spacial score (nSPS) is 10.7. The first kappa shape index (κ1) is 16.2. The lowest BCUT2D eigenvalue weighted by Gasteiger charge is -1.99. The van der Waals surface area contributed by atoms with Gasteiger partial charge in [0.25, 0.3) is 5.69 Å². The molecule has 3 rings (SSSR count). The standard InChI is InChI=1S/C17H15N3O3S/c21-20(22)15-8-6-14(7-9-15)17-18-16(23-19-17)10-11-24-12-13-4-2-1-3-5-13/h1-9H,10-12H2. The third-order valence-electron chi connectivity index (χ3n) is 3.38. The molecule has 0 spiro atoms. The first-order chi connectivity index (χ1) is 11.7. The van der Waals surface area contributed by atoms with Crippen LogP contribution < -0.4 is 0 Å². The first-order valence-corrected chi connectivity index (χ1v) is 8.57. The molecule has 6 nitrogen and oxygen atoms in total. The highest BCUT2D eigenvalue weighted by Gasteiger charge is 2.11. The molecule has 0 saturated heterocycles. The predicted molar refractivity (Wildman–Crippen MR) is 92.7 cm³/mol. The Kier molecular flexibility index (Phi) is 5.22. The zero-order valence-corrected chi connectivity index (χ0v) is 13.6. The quantitative estimate of drug-likeness (QED) is 0.365. The molecule has 24 heavy (non-hydrogen) atoms. The maximum atomic E-state index is 10.7. The molecule has 0 atom stereocenters. The molecule has 0 amide bonds. The van der Waals surface area contributed by atoms with Gasteiger partial charge in [-0.2, -0.15) is 16.7 Å². The SMILES string of the molecule is O=[N+]([O-])c1ccc(-c2noc(CCSCc3ccccc3)n2)cc1. The number of nitrogens with zero attached hydrogens (tertiary/aromatic N) is 3. The van der Waals surface area contributed by atoms with Crippen molar-refractivity contribution < 1.29 is 9.45 Å². The number of rotatable bonds is 7. The third-order valence-corrected chi connectivity index (χ3v) is 4.41. The van der Waals surface area contributed by atoms with Crippen LogP contribution in [0.25, 0.3) is 11.4 Å². The van der Waals surface area contributed by atoms with E-state index < -0.39 is 4.92 Å². The molecule has 0 radical (unpaired) electrons. The Balaban J connectivity index is 1.52. The topological polar surface area (TPSA) is 82.1 Å². The van der Waals surface area contributed by atoms with Crippen molar-refractivity contribution in [1.29, 1.82) is 0 Å². The van der Waals surface area contributed by atoms with Crippen molar-refractivity contribution in [3.63, 3.8) is 0 Å². The van der Waals surface area contributed by atoms with Crippen LogP contribution in [0.2, 0.25) is 0 Å². The van der Waals surface area contributed by atoms with Gasteiger partial charge in [0.1, 0.15) is 0 Å². The molecule has 3 aromatic rings. The second-order valence-electron chi connectivity index (χ2n) is 5.10. The van der Waals surface area contributed by atoms with Gasteiger partial charge >= 0.3 is 0 Å². The van der Waals surface area contributed by atoms with Crippen molar-refractivity contribution in [2.45, 2.75) is 12.2 Å². The number of non-ortho nitro benzene ring substituents is 1. The van der Waals surface area contributed by atoms with E-state index in [1.54, 1.807) is 12.1 Å². The first-order valence-electron chi connectivity index (χ1n) is 7.41. The van der Waals surface area contributed by atoms with Crippen LogP contribution in [-0.4, -0.2) is 20.8 Å². The van der Waals surface area contributed by atoms with Gasteiger partial charge in [0, 0.05) is 35.6 Å². The second kappa shape index (κ2) is 7.74. The smallest absolute Gasteiger partial charge is 0.269 e. The summed E-state index contributed by atoms with van der Waals surface area (Å²) < 4.78 is 5.24. The molecule has 2 aromatic carbocycles. The Bertz CT molecular complexity index is 803. The van der Waals surface area contributed by atoms with E-state index in [0.29, 0.717) is 23.7 Å². The number of hydrogen-bond acceptors (Lipinski definition) is 6. The van der Waals surface area contributed by atoms with Gasteiger partial charge < -0.3 is 4.52 Å². The van der Waals surface area contributed by atoms with Crippen LogP contribution in [0.4, 0.5) is 5.69 Å². The van der Waals surface area contributed by atoms with E-state index >= 15 is 0 Å². The number of aromatic nitrogens is 2. The van der Waals surface area contributed by atoms with Gasteiger partial charge in [0.05, 0.1) is 4.92 Å². The highest BCUT2D eigenvalue weighted by Crippen LogP contribution is 2.20. The molecule has 0 aliphatic rings. The van der Waals surface area contributed by atoms with Crippen LogP contribution >= 0.6 is 11.8 Å². The fraction of sp³-hybridized carbons (Fsp3) is 0.176. The zero-order valence-electron chi connectivity index (χ0n) is 12.8. The average molecular weight is 341 g/mol. The van der Waals surface area contributed by atoms with E-state index in [0.717, 1.165) is 11.5 Å². The summed E-state index contributed by atoms with van der Waals surface area (Å²) in [7, 11) is 0. The molecule has 122 valence electrons. The number of hydrogen-bond donors (Lipinski definition) is 0. The molecule has 1 heterocycles. The van der Waals surface area contributed by atoms with Gasteiger partial charge in [0.2, 0.25) is 11.7 Å². The molecule has 0 unspecified atom stereocenters. The summed E-state index contributed by atoms with van der Waals surface area (Å²) in [6.45, 7) is 0. The Hall–Kier alpha value is -2.67. The minimum absolute atomic E-state index is 0.0415. The van der Waals surface area contributed by atoms with E-state index in [9.17, 15) is 10.1 Å². The summed E-state index contributed by atoms with van der Waals surface area (Å²) in [5.74, 6) is 2.86. The molecule has 0 saturated carbocycles. The minimum Gasteiger partial charge on any atom is -0.339 e. The Labute approximate surface area is 143 Å². The van der Waals surface area contributed by atoms with E-state index in [1.807, 2.05) is 30.0 Å². The van der Waals surface area contributed by atoms with E-state index in [2.05, 4.69) is 22.3 Å². The number of benzene rings is 2. The highest BCUT2D eigenvalue weighted by atomic mass is 32.2. The summed E-state index contributed by atoms with van der Waals surface area (Å²) >= 11 is 1.81. The van der Waals surface area contributed by atoms with Gasteiger partial charge in [-0.1, -0.05) is 35.5 Å². The van der Waals surface area contributed by atoms with Crippen molar-refractivity contribution in [1.82, 2.24) is 10.1 Å². The minimum atomic E-state index is -0.435. The van der Waals surface area contributed by atoms with Crippen LogP contribution in [0.15, 0.2) is 59.1 Å². The maximum absolute atomic E-state index is 10.7. The van der Waals surface area contributed by atoms with Gasteiger partial charge in [0.15, 0.2) is 0 Å². The third kappa shape index (κ3) is 4.20. The van der Waals surface area contributed by atoms with Crippen LogP contribution in [0.1, 0.15) is 11.5 Å². The Morgan fingerprint density at radius 2 is 1.83 bits per heavy atom. The zero-order chi connectivity index (χ0) is 16.8. The maximum Gasteiger partial charge on any atom is 0.269 e. The van der Waals surface area contributed by atoms with Crippen molar-refractivity contribution >= 4 is 17.4 Å². The number of aryl methyl sites for hydroxylation is 1. The summed E-state index contributed by atoms with van der Waals surface area (Å²) in [5, 5.41) is 14.6. The van der Waals surface area contributed by atoms with Gasteiger partial charge in [-0.25, -0.2) is 0 Å². The van der Waals surface area contributed by atoms with E-state index in [-0.39, 0.29) is 5.69 Å². The fourth-order valence-electron chi connectivity index (χ4n) is 2.13. The molecule has 0 aliphatic carbocycles. The van der Waals surface area contributed by atoms with Crippen LogP contribution in [0.5, 0.6) is 0 Å². The molecular formula is C17H15N3O3S. The average Bonchev–Trinajstić information content (AvgIpc) is 3.09. The van der Waals surface area contributed by atoms with Gasteiger partial charge in [-0.3, -0.25) is 10.1 Å². The summed E-state index contributed by atoms with van der Waals surface area (Å²) in [6, 6.07) is 16.4. The Morgan fingerprint density at radius 1 is 1.08 bits per heavy atom. The van der Waals surface area contributed by atoms with Crippen molar-refractivity contribution in [3.05, 3.63) is 76.2 Å². The van der Waals surface area contributed by atoms with Crippen LogP contribution in [0, 0.1) is 10.1 Å². The predicted octanol–water partition coefficient (Wildman–Crippen LogP) is 4.12. The van der Waals surface area contributed by atoms with Gasteiger partial charge in [-0.05, 0) is 17.7 Å². The molecule has 0 N–H and O–H groups in total. The van der Waals surface area contributed by atoms with Crippen molar-refractivity contribution in [2.75, 3.05) is 5.75 Å². The molecule has 0 aliphatic heterocycles. The summed E-state index contributed by atoms with van der Waals surface area (Å²) in [4.78, 5) is 14.6. The van der Waals surface area contributed by atoms with Crippen LogP contribution in [0.3, 0.4) is 0 Å². The summed E-state index contributed by atoms with van der Waals surface area (Å²) in [6.07, 6.45) is 0.692. The molecular weight excluding hydrogens is 326 g/mol.